The van der Waals surface area contributed by atoms with E-state index < -0.39 is 0 Å². The number of hydrogen-bond donors (Lipinski definition) is 1. The molecule has 1 aromatic carbocycles. The molecule has 0 radical (unpaired) electrons. The van der Waals surface area contributed by atoms with Crippen molar-refractivity contribution in [1.82, 2.24) is 15.2 Å². The Morgan fingerprint density at radius 1 is 1.32 bits per heavy atom. The summed E-state index contributed by atoms with van der Waals surface area (Å²) in [6.07, 6.45) is 3.58. The minimum Gasteiger partial charge on any atom is -0.484 e. The van der Waals surface area contributed by atoms with E-state index in [9.17, 15) is 4.79 Å². The second kappa shape index (κ2) is 9.73. The van der Waals surface area contributed by atoms with E-state index in [1.54, 1.807) is 4.68 Å². The standard InChI is InChI=1S/C21H29ClN4O2/c1-6-7-12-26-20(22)18(15(2)25-26)13-23-24-19(27)14-28-17-10-8-16(9-11-17)21(3,4)5/h8-11,13H,6-7,12,14H2,1-5H3,(H,24,27)/b23-13-. The van der Waals surface area contributed by atoms with Crippen LogP contribution in [0.15, 0.2) is 29.4 Å². The first-order valence-corrected chi connectivity index (χ1v) is 9.88. The summed E-state index contributed by atoms with van der Waals surface area (Å²) >= 11 is 6.34. The van der Waals surface area contributed by atoms with Crippen LogP contribution in [0.1, 0.15) is 57.4 Å². The quantitative estimate of drug-likeness (QED) is 0.521. The molecule has 1 aromatic heterocycles. The number of hydrazone groups is 1. The Balaban J connectivity index is 1.86. The third-order valence-electron chi connectivity index (χ3n) is 4.31. The van der Waals surface area contributed by atoms with E-state index in [0.717, 1.165) is 25.1 Å². The summed E-state index contributed by atoms with van der Waals surface area (Å²) in [4.78, 5) is 11.9. The van der Waals surface area contributed by atoms with Crippen molar-refractivity contribution in [3.05, 3.63) is 46.2 Å². The van der Waals surface area contributed by atoms with Gasteiger partial charge >= 0.3 is 0 Å². The maximum atomic E-state index is 11.9. The first-order chi connectivity index (χ1) is 13.2. The fraction of sp³-hybridized carbons (Fsp3) is 0.476. The number of rotatable bonds is 8. The van der Waals surface area contributed by atoms with Gasteiger partial charge in [0.1, 0.15) is 10.9 Å². The maximum Gasteiger partial charge on any atom is 0.277 e. The summed E-state index contributed by atoms with van der Waals surface area (Å²) in [6, 6.07) is 7.74. The first kappa shape index (κ1) is 22.0. The van der Waals surface area contributed by atoms with Gasteiger partial charge in [0.05, 0.1) is 17.5 Å². The second-order valence-electron chi connectivity index (χ2n) is 7.72. The van der Waals surface area contributed by atoms with Crippen molar-refractivity contribution in [3.8, 4) is 5.75 Å². The van der Waals surface area contributed by atoms with Crippen molar-refractivity contribution in [3.63, 3.8) is 0 Å². The highest BCUT2D eigenvalue weighted by atomic mass is 35.5. The van der Waals surface area contributed by atoms with Gasteiger partial charge in [0, 0.05) is 6.54 Å². The molecule has 7 heteroatoms. The normalized spacial score (nSPS) is 11.8. The smallest absolute Gasteiger partial charge is 0.277 e. The van der Waals surface area contributed by atoms with Crippen LogP contribution in [0, 0.1) is 6.92 Å². The number of unbranched alkanes of at least 4 members (excludes halogenated alkanes) is 1. The number of aryl methyl sites for hydroxylation is 2. The molecule has 2 rings (SSSR count). The van der Waals surface area contributed by atoms with Crippen LogP contribution in [0.5, 0.6) is 5.75 Å². The average Bonchev–Trinajstić information content (AvgIpc) is 2.91. The Morgan fingerprint density at radius 3 is 2.61 bits per heavy atom. The van der Waals surface area contributed by atoms with Crippen molar-refractivity contribution >= 4 is 23.7 Å². The summed E-state index contributed by atoms with van der Waals surface area (Å²) in [5.41, 5.74) is 5.22. The van der Waals surface area contributed by atoms with Crippen LogP contribution in [0.4, 0.5) is 0 Å². The van der Waals surface area contributed by atoms with Gasteiger partial charge in [-0.2, -0.15) is 10.2 Å². The molecule has 0 unspecified atom stereocenters. The number of halogens is 1. The molecule has 0 atom stereocenters. The molecular weight excluding hydrogens is 376 g/mol. The number of ether oxygens (including phenoxy) is 1. The molecule has 0 bridgehead atoms. The highest BCUT2D eigenvalue weighted by molar-refractivity contribution is 6.32. The topological polar surface area (TPSA) is 68.5 Å². The predicted molar refractivity (Wildman–Crippen MR) is 113 cm³/mol. The van der Waals surface area contributed by atoms with E-state index in [1.165, 1.54) is 11.8 Å². The number of aromatic nitrogens is 2. The molecule has 152 valence electrons. The van der Waals surface area contributed by atoms with E-state index in [-0.39, 0.29) is 17.9 Å². The molecule has 1 N–H and O–H groups in total. The van der Waals surface area contributed by atoms with Gasteiger partial charge in [0.15, 0.2) is 6.61 Å². The minimum absolute atomic E-state index is 0.0777. The highest BCUT2D eigenvalue weighted by Crippen LogP contribution is 2.24. The van der Waals surface area contributed by atoms with Crippen LogP contribution in [0.3, 0.4) is 0 Å². The van der Waals surface area contributed by atoms with Gasteiger partial charge < -0.3 is 4.74 Å². The Hall–Kier alpha value is -2.34. The van der Waals surface area contributed by atoms with Gasteiger partial charge in [-0.05, 0) is 36.5 Å². The van der Waals surface area contributed by atoms with Crippen molar-refractivity contribution in [2.75, 3.05) is 6.61 Å². The predicted octanol–water partition coefficient (Wildman–Crippen LogP) is 4.47. The molecule has 0 saturated carbocycles. The van der Waals surface area contributed by atoms with Crippen LogP contribution in [0.2, 0.25) is 5.15 Å². The fourth-order valence-corrected chi connectivity index (χ4v) is 2.88. The number of carbonyl (C=O) groups is 1. The summed E-state index contributed by atoms with van der Waals surface area (Å²) in [6.45, 7) is 11.1. The summed E-state index contributed by atoms with van der Waals surface area (Å²) in [7, 11) is 0. The Bertz CT molecular complexity index is 820. The van der Waals surface area contributed by atoms with Crippen LogP contribution in [-0.4, -0.2) is 28.5 Å². The lowest BCUT2D eigenvalue weighted by Gasteiger charge is -2.19. The Labute approximate surface area is 171 Å². The molecule has 6 nitrogen and oxygen atoms in total. The summed E-state index contributed by atoms with van der Waals surface area (Å²) < 4.78 is 7.26. The number of benzene rings is 1. The molecular formula is C21H29ClN4O2. The van der Waals surface area contributed by atoms with Gasteiger partial charge in [0.25, 0.3) is 5.91 Å². The summed E-state index contributed by atoms with van der Waals surface area (Å²) in [5.74, 6) is 0.298. The zero-order valence-electron chi connectivity index (χ0n) is 17.3. The molecule has 0 aliphatic carbocycles. The highest BCUT2D eigenvalue weighted by Gasteiger charge is 2.13. The molecule has 2 aromatic rings. The van der Waals surface area contributed by atoms with E-state index >= 15 is 0 Å². The van der Waals surface area contributed by atoms with Gasteiger partial charge in [-0.25, -0.2) is 5.43 Å². The van der Waals surface area contributed by atoms with Gasteiger partial charge in [-0.15, -0.1) is 0 Å². The lowest BCUT2D eigenvalue weighted by Crippen LogP contribution is -2.24. The number of nitrogens with one attached hydrogen (secondary N) is 1. The SMILES string of the molecule is CCCCn1nc(C)c(/C=N\NC(=O)COc2ccc(C(C)(C)C)cc2)c1Cl. The van der Waals surface area contributed by atoms with Gasteiger partial charge in [0.2, 0.25) is 0 Å². The molecule has 0 aliphatic rings. The Kier molecular flexibility index (Phi) is 7.63. The molecule has 28 heavy (non-hydrogen) atoms. The average molecular weight is 405 g/mol. The summed E-state index contributed by atoms with van der Waals surface area (Å²) in [5, 5.41) is 8.90. The number of nitrogens with zero attached hydrogens (tertiary/aromatic N) is 3. The molecule has 1 heterocycles. The zero-order chi connectivity index (χ0) is 20.7. The van der Waals surface area contributed by atoms with Crippen molar-refractivity contribution in [2.24, 2.45) is 5.10 Å². The van der Waals surface area contributed by atoms with E-state index in [4.69, 9.17) is 16.3 Å². The second-order valence-corrected chi connectivity index (χ2v) is 8.08. The van der Waals surface area contributed by atoms with Crippen LogP contribution in [0.25, 0.3) is 0 Å². The molecule has 0 aliphatic heterocycles. The van der Waals surface area contributed by atoms with Crippen molar-refractivity contribution in [2.45, 2.75) is 59.4 Å². The first-order valence-electron chi connectivity index (χ1n) is 9.50. The largest absolute Gasteiger partial charge is 0.484 e. The molecule has 0 fully saturated rings. The zero-order valence-corrected chi connectivity index (χ0v) is 18.0. The third kappa shape index (κ3) is 6.09. The van der Waals surface area contributed by atoms with E-state index in [1.807, 2.05) is 31.2 Å². The number of amides is 1. The van der Waals surface area contributed by atoms with Gasteiger partial charge in [-0.3, -0.25) is 9.48 Å². The van der Waals surface area contributed by atoms with Crippen LogP contribution in [-0.2, 0) is 16.8 Å². The number of hydrogen-bond acceptors (Lipinski definition) is 4. The van der Waals surface area contributed by atoms with E-state index in [0.29, 0.717) is 16.5 Å². The lowest BCUT2D eigenvalue weighted by molar-refractivity contribution is -0.123. The molecule has 1 amide bonds. The fourth-order valence-electron chi connectivity index (χ4n) is 2.57. The van der Waals surface area contributed by atoms with Crippen molar-refractivity contribution < 1.29 is 9.53 Å². The maximum absolute atomic E-state index is 11.9. The van der Waals surface area contributed by atoms with Gasteiger partial charge in [-0.1, -0.05) is 57.8 Å². The number of carbonyl (C=O) groups excluding carboxylic acids is 1. The minimum atomic E-state index is -0.344. The Morgan fingerprint density at radius 2 is 2.00 bits per heavy atom. The van der Waals surface area contributed by atoms with Crippen LogP contribution >= 0.6 is 11.6 Å². The van der Waals surface area contributed by atoms with Crippen molar-refractivity contribution in [1.29, 1.82) is 0 Å². The third-order valence-corrected chi connectivity index (χ3v) is 4.70. The van der Waals surface area contributed by atoms with Crippen LogP contribution < -0.4 is 10.2 Å². The lowest BCUT2D eigenvalue weighted by atomic mass is 9.87. The molecule has 0 spiro atoms. The molecule has 0 saturated heterocycles. The van der Waals surface area contributed by atoms with E-state index in [2.05, 4.69) is 43.3 Å². The monoisotopic (exact) mass is 404 g/mol.